The molecule has 0 saturated heterocycles. The van der Waals surface area contributed by atoms with Crippen LogP contribution in [0, 0.1) is 17.8 Å². The summed E-state index contributed by atoms with van der Waals surface area (Å²) in [5.41, 5.74) is 5.76. The number of amides is 1. The maximum Gasteiger partial charge on any atom is 0.410 e. The first kappa shape index (κ1) is 41.7. The van der Waals surface area contributed by atoms with Gasteiger partial charge in [-0.25, -0.2) is 4.79 Å². The molecule has 310 valence electrons. The van der Waals surface area contributed by atoms with Crippen LogP contribution in [0.1, 0.15) is 62.0 Å². The van der Waals surface area contributed by atoms with E-state index < -0.39 is 23.8 Å². The zero-order chi connectivity index (χ0) is 41.2. The molecule has 2 N–H and O–H groups in total. The van der Waals surface area contributed by atoms with Crippen LogP contribution < -0.4 is 9.47 Å². The number of carbonyl (C=O) groups is 1. The maximum atomic E-state index is 14.0. The van der Waals surface area contributed by atoms with Gasteiger partial charge in [0.25, 0.3) is 0 Å². The summed E-state index contributed by atoms with van der Waals surface area (Å²) in [5.74, 6) is 0.242. The van der Waals surface area contributed by atoms with Gasteiger partial charge in [-0.1, -0.05) is 103 Å². The van der Waals surface area contributed by atoms with Crippen molar-refractivity contribution in [3.63, 3.8) is 0 Å². The number of likely N-dealkylation sites (N-methyl/N-ethyl adjacent to an activating group) is 1. The van der Waals surface area contributed by atoms with E-state index in [1.165, 1.54) is 7.11 Å². The number of oxime groups is 1. The van der Waals surface area contributed by atoms with Gasteiger partial charge in [0.1, 0.15) is 37.0 Å². The molecule has 0 spiro atoms. The first-order chi connectivity index (χ1) is 28.9. The highest BCUT2D eigenvalue weighted by Crippen LogP contribution is 2.62. The number of nitrogens with zero attached hydrogens (tertiary/aromatic N) is 2. The van der Waals surface area contributed by atoms with Gasteiger partial charge >= 0.3 is 6.09 Å². The molecule has 1 heterocycles. The van der Waals surface area contributed by atoms with Crippen LogP contribution >= 0.6 is 0 Å². The van der Waals surface area contributed by atoms with E-state index in [0.29, 0.717) is 35.8 Å². The lowest BCUT2D eigenvalue weighted by Crippen LogP contribution is -2.69. The Balaban J connectivity index is 1.33. The lowest BCUT2D eigenvalue weighted by Gasteiger charge is -2.59. The van der Waals surface area contributed by atoms with E-state index >= 15 is 0 Å². The van der Waals surface area contributed by atoms with Crippen LogP contribution in [0.25, 0.3) is 11.1 Å². The fourth-order valence-electron chi connectivity index (χ4n) is 9.33. The third-order valence-electron chi connectivity index (χ3n) is 12.0. The van der Waals surface area contributed by atoms with E-state index in [1.54, 1.807) is 18.0 Å². The number of ether oxygens (including phenoxy) is 4. The van der Waals surface area contributed by atoms with Crippen molar-refractivity contribution >= 4 is 11.8 Å². The molecule has 1 fully saturated rings. The number of benzene rings is 4. The second-order valence-corrected chi connectivity index (χ2v) is 15.6. The van der Waals surface area contributed by atoms with E-state index in [9.17, 15) is 15.0 Å². The summed E-state index contributed by atoms with van der Waals surface area (Å²) in [7, 11) is 3.26. The molecule has 2 aliphatic carbocycles. The topological polar surface area (TPSA) is 119 Å². The molecular weight excluding hydrogens is 745 g/mol. The van der Waals surface area contributed by atoms with Crippen molar-refractivity contribution in [2.45, 2.75) is 69.3 Å². The summed E-state index contributed by atoms with van der Waals surface area (Å²) in [6.07, 6.45) is 8.50. The summed E-state index contributed by atoms with van der Waals surface area (Å²) >= 11 is 0. The van der Waals surface area contributed by atoms with Crippen LogP contribution in [0.5, 0.6) is 17.2 Å². The fourth-order valence-corrected chi connectivity index (χ4v) is 9.33. The molecule has 6 atom stereocenters. The molecule has 10 nitrogen and oxygen atoms in total. The van der Waals surface area contributed by atoms with Gasteiger partial charge < -0.3 is 38.9 Å². The normalized spacial score (nSPS) is 23.6. The Labute approximate surface area is 347 Å². The average molecular weight is 801 g/mol. The van der Waals surface area contributed by atoms with E-state index in [4.69, 9.17) is 23.8 Å². The van der Waals surface area contributed by atoms with Crippen molar-refractivity contribution in [2.75, 3.05) is 34.0 Å². The zero-order valence-corrected chi connectivity index (χ0v) is 34.1. The lowest BCUT2D eigenvalue weighted by molar-refractivity contribution is -0.253. The van der Waals surface area contributed by atoms with E-state index in [-0.39, 0.29) is 50.6 Å². The molecule has 0 unspecified atom stereocenters. The second-order valence-electron chi connectivity index (χ2n) is 15.6. The monoisotopic (exact) mass is 800 g/mol. The Bertz CT molecular complexity index is 2070. The van der Waals surface area contributed by atoms with Gasteiger partial charge in [-0.3, -0.25) is 0 Å². The minimum Gasteiger partial charge on any atom is -0.459 e. The number of hydrogen-bond acceptors (Lipinski definition) is 9. The molecule has 4 aromatic carbocycles. The fraction of sp³-hybridized carbons (Fsp3) is 0.388. The first-order valence-electron chi connectivity index (χ1n) is 20.8. The smallest absolute Gasteiger partial charge is 0.410 e. The van der Waals surface area contributed by atoms with Gasteiger partial charge in [-0.05, 0) is 90.1 Å². The average Bonchev–Trinajstić information content (AvgIpc) is 3.27. The summed E-state index contributed by atoms with van der Waals surface area (Å²) in [5, 5.41) is 24.3. The van der Waals surface area contributed by atoms with Crippen LogP contribution in [0.2, 0.25) is 0 Å². The number of allylic oxidation sites excluding steroid dienone is 1. The van der Waals surface area contributed by atoms with Crippen LogP contribution in [0.4, 0.5) is 4.79 Å². The molecule has 1 aliphatic heterocycles. The molecule has 0 radical (unpaired) electrons. The SMILES string of the molecule is C=CCO[C@@]12Oc3ccc(Oc4ccc(-c5ccccc5)cc4)cc3[C@H]3[C@H](CCCCO)[C@@H](CCCCO)C=C(C(=NOC)C[C@@H]1N(C)C(=O)OCc1ccccc1)[C@H]32. The highest BCUT2D eigenvalue weighted by atomic mass is 16.7. The van der Waals surface area contributed by atoms with E-state index in [2.05, 4.69) is 48.1 Å². The highest BCUT2D eigenvalue weighted by molar-refractivity contribution is 6.02. The Hall–Kier alpha value is -5.42. The number of fused-ring (bicyclic) bond motifs is 2. The number of rotatable bonds is 18. The molecule has 7 rings (SSSR count). The molecule has 1 amide bonds. The highest BCUT2D eigenvalue weighted by Gasteiger charge is 2.65. The number of unbranched alkanes of at least 4 members (excludes halogenated alkanes) is 2. The van der Waals surface area contributed by atoms with Gasteiger partial charge in [-0.15, -0.1) is 6.58 Å². The minimum absolute atomic E-state index is 0.0849. The van der Waals surface area contributed by atoms with E-state index in [0.717, 1.165) is 53.5 Å². The second kappa shape index (κ2) is 19.6. The van der Waals surface area contributed by atoms with Gasteiger partial charge in [0.2, 0.25) is 5.79 Å². The lowest BCUT2D eigenvalue weighted by atomic mass is 9.55. The van der Waals surface area contributed by atoms with Gasteiger partial charge in [0.15, 0.2) is 0 Å². The van der Waals surface area contributed by atoms with Crippen LogP contribution in [-0.4, -0.2) is 72.7 Å². The molecule has 1 saturated carbocycles. The summed E-state index contributed by atoms with van der Waals surface area (Å²) in [6, 6.07) is 33.2. The molecule has 10 heteroatoms. The third-order valence-corrected chi connectivity index (χ3v) is 12.0. The van der Waals surface area contributed by atoms with Crippen molar-refractivity contribution in [2.24, 2.45) is 22.9 Å². The summed E-state index contributed by atoms with van der Waals surface area (Å²) in [6.45, 7) is 4.50. The Morgan fingerprint density at radius 2 is 1.58 bits per heavy atom. The summed E-state index contributed by atoms with van der Waals surface area (Å²) in [4.78, 5) is 21.2. The van der Waals surface area contributed by atoms with Gasteiger partial charge in [0, 0.05) is 38.2 Å². The van der Waals surface area contributed by atoms with Crippen molar-refractivity contribution in [3.05, 3.63) is 139 Å². The molecule has 0 bridgehead atoms. The van der Waals surface area contributed by atoms with E-state index in [1.807, 2.05) is 72.8 Å². The number of aliphatic hydroxyl groups is 2. The first-order valence-corrected chi connectivity index (χ1v) is 20.8. The Kier molecular flexibility index (Phi) is 13.8. The molecule has 59 heavy (non-hydrogen) atoms. The maximum absolute atomic E-state index is 14.0. The Morgan fingerprint density at radius 1 is 0.898 bits per heavy atom. The number of carbonyl (C=O) groups excluding carboxylic acids is 1. The predicted molar refractivity (Wildman–Crippen MR) is 228 cm³/mol. The van der Waals surface area contributed by atoms with Crippen LogP contribution in [0.3, 0.4) is 0 Å². The minimum atomic E-state index is -1.37. The van der Waals surface area contributed by atoms with Gasteiger partial charge in [-0.2, -0.15) is 0 Å². The van der Waals surface area contributed by atoms with Crippen molar-refractivity contribution < 1.29 is 38.8 Å². The Morgan fingerprint density at radius 3 is 2.27 bits per heavy atom. The van der Waals surface area contributed by atoms with Gasteiger partial charge in [0.05, 0.1) is 18.2 Å². The molecule has 4 aromatic rings. The standard InChI is InChI=1S/C49H56N2O8/c1-4-29-57-49-45(51(2)48(54)56-33-34-15-7-5-8-16-34)32-43(50-55-3)41-30-37(19-11-13-27-52)40(20-12-14-28-53)46(47(41)49)42-31-39(25-26-44(42)59-49)58-38-23-21-36(22-24-38)35-17-9-6-10-18-35/h4-10,15-18,21-26,30-31,37,40,45-47,52-53H,1,11-14,19-20,27-29,32-33H2,2-3H3/t37-,40+,45-,46+,47+,49+/m0/s1. The third kappa shape index (κ3) is 9.10. The quantitative estimate of drug-likeness (QED) is 0.0580. The molecule has 3 aliphatic rings. The molecular formula is C49H56N2O8. The largest absolute Gasteiger partial charge is 0.459 e. The number of hydrogen-bond donors (Lipinski definition) is 2. The number of aliphatic hydroxyl groups excluding tert-OH is 2. The zero-order valence-electron chi connectivity index (χ0n) is 34.1. The van der Waals surface area contributed by atoms with Crippen molar-refractivity contribution in [1.29, 1.82) is 0 Å². The predicted octanol–water partition coefficient (Wildman–Crippen LogP) is 9.68. The van der Waals surface area contributed by atoms with Crippen LogP contribution in [0.15, 0.2) is 133 Å². The van der Waals surface area contributed by atoms with Crippen molar-refractivity contribution in [3.8, 4) is 28.4 Å². The van der Waals surface area contributed by atoms with Crippen LogP contribution in [-0.2, 0) is 20.9 Å². The molecule has 0 aromatic heterocycles. The van der Waals surface area contributed by atoms with Crippen molar-refractivity contribution in [1.82, 2.24) is 4.90 Å². The summed E-state index contributed by atoms with van der Waals surface area (Å²) < 4.78 is 26.6.